The van der Waals surface area contributed by atoms with E-state index in [0.717, 1.165) is 15.2 Å². The molecule has 0 aromatic heterocycles. The lowest BCUT2D eigenvalue weighted by Crippen LogP contribution is -2.24. The second-order valence-electron chi connectivity index (χ2n) is 5.61. The van der Waals surface area contributed by atoms with Gasteiger partial charge in [0.05, 0.1) is 17.8 Å². The molecular weight excluding hydrogens is 412 g/mol. The summed E-state index contributed by atoms with van der Waals surface area (Å²) in [5, 5.41) is 15.5. The Morgan fingerprint density at radius 2 is 2.00 bits per heavy atom. The minimum atomic E-state index is -0.392. The van der Waals surface area contributed by atoms with Gasteiger partial charge in [-0.25, -0.2) is 5.43 Å². The van der Waals surface area contributed by atoms with Crippen molar-refractivity contribution >= 4 is 38.8 Å². The van der Waals surface area contributed by atoms with Gasteiger partial charge in [0.15, 0.2) is 18.1 Å². The SMILES string of the molecule is COc1cc(C=NNC(=O)COc2ccc3ccccc3c2Br)ccc1O. The fraction of sp³-hybridized carbons (Fsp3) is 0.100. The van der Waals surface area contributed by atoms with Gasteiger partial charge in [-0.2, -0.15) is 5.10 Å². The average molecular weight is 429 g/mol. The van der Waals surface area contributed by atoms with Crippen molar-refractivity contribution in [2.24, 2.45) is 5.10 Å². The van der Waals surface area contributed by atoms with Gasteiger partial charge in [-0.05, 0) is 56.5 Å². The summed E-state index contributed by atoms with van der Waals surface area (Å²) in [7, 11) is 1.46. The van der Waals surface area contributed by atoms with Crippen molar-refractivity contribution in [3.05, 3.63) is 64.6 Å². The first-order valence-corrected chi connectivity index (χ1v) is 8.86. The molecule has 3 rings (SSSR count). The predicted octanol–water partition coefficient (Wildman–Crippen LogP) is 3.85. The summed E-state index contributed by atoms with van der Waals surface area (Å²) in [6, 6.07) is 16.4. The number of benzene rings is 3. The molecule has 0 bridgehead atoms. The molecule has 0 aliphatic carbocycles. The summed E-state index contributed by atoms with van der Waals surface area (Å²) in [5.74, 6) is 0.552. The number of nitrogens with zero attached hydrogens (tertiary/aromatic N) is 1. The first kappa shape index (κ1) is 18.7. The molecule has 0 fully saturated rings. The number of aromatic hydroxyl groups is 1. The minimum absolute atomic E-state index is 0.0352. The highest BCUT2D eigenvalue weighted by Gasteiger charge is 2.08. The topological polar surface area (TPSA) is 80.2 Å². The lowest BCUT2D eigenvalue weighted by atomic mass is 10.1. The van der Waals surface area contributed by atoms with Gasteiger partial charge in [-0.3, -0.25) is 4.79 Å². The molecule has 7 heteroatoms. The average Bonchev–Trinajstić information content (AvgIpc) is 2.69. The lowest BCUT2D eigenvalue weighted by Gasteiger charge is -2.09. The third-order valence-electron chi connectivity index (χ3n) is 3.79. The summed E-state index contributed by atoms with van der Waals surface area (Å²) in [4.78, 5) is 11.9. The standard InChI is InChI=1S/C20H17BrN2O4/c1-26-18-10-13(6-8-16(18)24)11-22-23-19(25)12-27-17-9-7-14-4-2-3-5-15(14)20(17)21/h2-11,24H,12H2,1H3,(H,23,25). The molecule has 0 aliphatic heterocycles. The van der Waals surface area contributed by atoms with Crippen LogP contribution >= 0.6 is 15.9 Å². The van der Waals surface area contributed by atoms with Crippen molar-refractivity contribution in [1.82, 2.24) is 5.43 Å². The third kappa shape index (κ3) is 4.57. The number of phenolic OH excluding ortho intramolecular Hbond substituents is 1. The minimum Gasteiger partial charge on any atom is -0.504 e. The van der Waals surface area contributed by atoms with E-state index in [0.29, 0.717) is 17.1 Å². The summed E-state index contributed by atoms with van der Waals surface area (Å²) in [5.41, 5.74) is 3.07. The molecular formula is C20H17BrN2O4. The number of hydrogen-bond donors (Lipinski definition) is 2. The van der Waals surface area contributed by atoms with Crippen LogP contribution in [0.4, 0.5) is 0 Å². The van der Waals surface area contributed by atoms with Gasteiger partial charge in [0.25, 0.3) is 5.91 Å². The molecule has 2 N–H and O–H groups in total. The normalized spacial score (nSPS) is 10.9. The van der Waals surface area contributed by atoms with Crippen LogP contribution in [0, 0.1) is 0 Å². The van der Waals surface area contributed by atoms with Gasteiger partial charge in [0.2, 0.25) is 0 Å². The Labute approximate surface area is 164 Å². The summed E-state index contributed by atoms with van der Waals surface area (Å²) < 4.78 is 11.4. The van der Waals surface area contributed by atoms with E-state index >= 15 is 0 Å². The number of fused-ring (bicyclic) bond motifs is 1. The van der Waals surface area contributed by atoms with E-state index in [9.17, 15) is 9.90 Å². The molecule has 0 radical (unpaired) electrons. The number of methoxy groups -OCH3 is 1. The molecule has 138 valence electrons. The Kier molecular flexibility index (Phi) is 5.93. The number of halogens is 1. The highest BCUT2D eigenvalue weighted by atomic mass is 79.9. The maximum absolute atomic E-state index is 11.9. The van der Waals surface area contributed by atoms with E-state index in [1.807, 2.05) is 36.4 Å². The van der Waals surface area contributed by atoms with Crippen molar-refractivity contribution in [1.29, 1.82) is 0 Å². The molecule has 3 aromatic carbocycles. The molecule has 0 saturated heterocycles. The lowest BCUT2D eigenvalue weighted by molar-refractivity contribution is -0.123. The highest BCUT2D eigenvalue weighted by molar-refractivity contribution is 9.10. The number of ether oxygens (including phenoxy) is 2. The zero-order chi connectivity index (χ0) is 19.2. The number of nitrogens with one attached hydrogen (secondary N) is 1. The Balaban J connectivity index is 1.58. The molecule has 0 saturated carbocycles. The van der Waals surface area contributed by atoms with Gasteiger partial charge in [-0.15, -0.1) is 0 Å². The van der Waals surface area contributed by atoms with Gasteiger partial charge in [0, 0.05) is 0 Å². The Bertz CT molecular complexity index is 1000. The summed E-state index contributed by atoms with van der Waals surface area (Å²) in [6.07, 6.45) is 1.45. The first-order valence-electron chi connectivity index (χ1n) is 8.07. The second kappa shape index (κ2) is 8.55. The zero-order valence-corrected chi connectivity index (χ0v) is 16.1. The monoisotopic (exact) mass is 428 g/mol. The van der Waals surface area contributed by atoms with E-state index in [2.05, 4.69) is 26.5 Å². The maximum atomic E-state index is 11.9. The van der Waals surface area contributed by atoms with Crippen LogP contribution in [0.15, 0.2) is 64.2 Å². The van der Waals surface area contributed by atoms with Gasteiger partial charge in [0.1, 0.15) is 5.75 Å². The second-order valence-corrected chi connectivity index (χ2v) is 6.40. The van der Waals surface area contributed by atoms with Crippen molar-refractivity contribution in [3.8, 4) is 17.2 Å². The number of carbonyl (C=O) groups excluding carboxylic acids is 1. The Morgan fingerprint density at radius 3 is 2.81 bits per heavy atom. The van der Waals surface area contributed by atoms with Crippen LogP contribution in [0.1, 0.15) is 5.56 Å². The number of hydrogen-bond acceptors (Lipinski definition) is 5. The molecule has 3 aromatic rings. The molecule has 0 heterocycles. The Morgan fingerprint density at radius 1 is 1.19 bits per heavy atom. The maximum Gasteiger partial charge on any atom is 0.277 e. The van der Waals surface area contributed by atoms with Crippen LogP contribution in [0.5, 0.6) is 17.2 Å². The summed E-state index contributed by atoms with van der Waals surface area (Å²) in [6.45, 7) is -0.173. The molecule has 0 aliphatic rings. The van der Waals surface area contributed by atoms with E-state index in [4.69, 9.17) is 9.47 Å². The number of rotatable bonds is 6. The van der Waals surface area contributed by atoms with E-state index in [-0.39, 0.29) is 12.4 Å². The van der Waals surface area contributed by atoms with Gasteiger partial charge < -0.3 is 14.6 Å². The number of hydrazone groups is 1. The van der Waals surface area contributed by atoms with Crippen LogP contribution < -0.4 is 14.9 Å². The fourth-order valence-corrected chi connectivity index (χ4v) is 3.06. The number of amides is 1. The Hall–Kier alpha value is -3.06. The van der Waals surface area contributed by atoms with Gasteiger partial charge >= 0.3 is 0 Å². The van der Waals surface area contributed by atoms with Crippen LogP contribution in [-0.4, -0.2) is 30.9 Å². The molecule has 0 unspecified atom stereocenters. The van der Waals surface area contributed by atoms with Crippen molar-refractivity contribution in [2.45, 2.75) is 0 Å². The highest BCUT2D eigenvalue weighted by Crippen LogP contribution is 2.33. The molecule has 0 atom stereocenters. The van der Waals surface area contributed by atoms with Crippen molar-refractivity contribution < 1.29 is 19.4 Å². The van der Waals surface area contributed by atoms with E-state index in [1.54, 1.807) is 12.1 Å². The van der Waals surface area contributed by atoms with Crippen molar-refractivity contribution in [3.63, 3.8) is 0 Å². The van der Waals surface area contributed by atoms with Gasteiger partial charge in [-0.1, -0.05) is 30.3 Å². The smallest absolute Gasteiger partial charge is 0.277 e. The first-order chi connectivity index (χ1) is 13.1. The predicted molar refractivity (Wildman–Crippen MR) is 108 cm³/mol. The molecule has 27 heavy (non-hydrogen) atoms. The zero-order valence-electron chi connectivity index (χ0n) is 14.5. The number of carbonyl (C=O) groups is 1. The third-order valence-corrected chi connectivity index (χ3v) is 4.61. The largest absolute Gasteiger partial charge is 0.504 e. The van der Waals surface area contributed by atoms with E-state index in [1.165, 1.54) is 19.4 Å². The van der Waals surface area contributed by atoms with Crippen LogP contribution in [0.2, 0.25) is 0 Å². The van der Waals surface area contributed by atoms with Crippen molar-refractivity contribution in [2.75, 3.05) is 13.7 Å². The fourth-order valence-electron chi connectivity index (χ4n) is 2.45. The van der Waals surface area contributed by atoms with E-state index < -0.39 is 5.91 Å². The van der Waals surface area contributed by atoms with Crippen LogP contribution in [0.25, 0.3) is 10.8 Å². The molecule has 1 amide bonds. The molecule has 0 spiro atoms. The summed E-state index contributed by atoms with van der Waals surface area (Å²) >= 11 is 3.52. The van der Waals surface area contributed by atoms with Crippen LogP contribution in [-0.2, 0) is 4.79 Å². The molecule has 6 nitrogen and oxygen atoms in total. The quantitative estimate of drug-likeness (QED) is 0.461. The number of phenols is 1. The van der Waals surface area contributed by atoms with Crippen LogP contribution in [0.3, 0.4) is 0 Å².